The Hall–Kier alpha value is -2.14. The van der Waals surface area contributed by atoms with Crippen LogP contribution in [-0.4, -0.2) is 29.3 Å². The fourth-order valence-corrected chi connectivity index (χ4v) is 1.98. The van der Waals surface area contributed by atoms with Gasteiger partial charge >= 0.3 is 0 Å². The number of ether oxygens (including phenoxy) is 2. The van der Waals surface area contributed by atoms with Gasteiger partial charge in [-0.05, 0) is 13.0 Å². The molecule has 0 aliphatic heterocycles. The van der Waals surface area contributed by atoms with Crippen molar-refractivity contribution in [2.24, 2.45) is 0 Å². The summed E-state index contributed by atoms with van der Waals surface area (Å²) in [5, 5.41) is 10.8. The maximum Gasteiger partial charge on any atom is 0.238 e. The van der Waals surface area contributed by atoms with Crippen molar-refractivity contribution in [3.63, 3.8) is 0 Å². The molecule has 100 valence electrons. The van der Waals surface area contributed by atoms with Gasteiger partial charge in [0.25, 0.3) is 0 Å². The lowest BCUT2D eigenvalue weighted by Gasteiger charge is -2.25. The van der Waals surface area contributed by atoms with Crippen LogP contribution in [0.3, 0.4) is 0 Å². The molecule has 0 bridgehead atoms. The van der Waals surface area contributed by atoms with Gasteiger partial charge < -0.3 is 14.6 Å². The van der Waals surface area contributed by atoms with Crippen LogP contribution in [0.4, 0.5) is 0 Å². The molecule has 0 radical (unpaired) electrons. The van der Waals surface area contributed by atoms with Crippen molar-refractivity contribution in [3.8, 4) is 11.6 Å². The minimum atomic E-state index is -1.35. The van der Waals surface area contributed by atoms with Gasteiger partial charge in [0, 0.05) is 18.0 Å². The van der Waals surface area contributed by atoms with E-state index < -0.39 is 5.60 Å². The highest BCUT2D eigenvalue weighted by Crippen LogP contribution is 2.37. The lowest BCUT2D eigenvalue weighted by molar-refractivity contribution is 0.0899. The average molecular weight is 260 g/mol. The molecule has 5 nitrogen and oxygen atoms in total. The molecule has 1 atom stereocenters. The average Bonchev–Trinajstić information content (AvgIpc) is 2.47. The Bertz CT molecular complexity index is 521. The van der Waals surface area contributed by atoms with E-state index in [-0.39, 0.29) is 0 Å². The van der Waals surface area contributed by atoms with Crippen LogP contribution in [0.2, 0.25) is 0 Å². The van der Waals surface area contributed by atoms with Crippen molar-refractivity contribution in [3.05, 3.63) is 47.9 Å². The predicted molar refractivity (Wildman–Crippen MR) is 70.3 cm³/mol. The fraction of sp³-hybridized carbons (Fsp3) is 0.286. The summed E-state index contributed by atoms with van der Waals surface area (Å²) < 4.78 is 10.4. The second-order valence-corrected chi connectivity index (χ2v) is 4.19. The summed E-state index contributed by atoms with van der Waals surface area (Å²) in [6.45, 7) is 1.64. The molecule has 0 aliphatic rings. The van der Waals surface area contributed by atoms with Crippen LogP contribution >= 0.6 is 0 Å². The Labute approximate surface area is 111 Å². The first-order valence-electron chi connectivity index (χ1n) is 5.82. The number of aromatic nitrogens is 2. The molecule has 1 aromatic carbocycles. The number of hydrogen-bond donors (Lipinski definition) is 1. The first-order chi connectivity index (χ1) is 9.11. The van der Waals surface area contributed by atoms with Gasteiger partial charge in [0.15, 0.2) is 0 Å². The van der Waals surface area contributed by atoms with Crippen LogP contribution in [-0.2, 0) is 5.60 Å². The summed E-state index contributed by atoms with van der Waals surface area (Å²) >= 11 is 0. The summed E-state index contributed by atoms with van der Waals surface area (Å²) in [6.07, 6.45) is 3.03. The highest BCUT2D eigenvalue weighted by Gasteiger charge is 2.33. The normalized spacial score (nSPS) is 13.7. The molecule has 0 spiro atoms. The number of para-hydroxylation sites is 1. The van der Waals surface area contributed by atoms with Crippen molar-refractivity contribution < 1.29 is 14.6 Å². The van der Waals surface area contributed by atoms with Crippen LogP contribution in [0.15, 0.2) is 36.7 Å². The Morgan fingerprint density at radius 1 is 1.05 bits per heavy atom. The lowest BCUT2D eigenvalue weighted by Crippen LogP contribution is -2.26. The second kappa shape index (κ2) is 5.24. The van der Waals surface area contributed by atoms with Crippen LogP contribution in [0, 0.1) is 0 Å². The van der Waals surface area contributed by atoms with E-state index in [0.717, 1.165) is 0 Å². The third-order valence-electron chi connectivity index (χ3n) is 2.95. The molecule has 2 rings (SSSR count). The molecule has 0 amide bonds. The van der Waals surface area contributed by atoms with Crippen LogP contribution in [0.1, 0.15) is 18.2 Å². The SMILES string of the molecule is COc1ccccc1C(C)(O)c1nccnc1OC. The number of aliphatic hydroxyl groups is 1. The zero-order valence-electron chi connectivity index (χ0n) is 11.1. The van der Waals surface area contributed by atoms with E-state index in [0.29, 0.717) is 22.9 Å². The smallest absolute Gasteiger partial charge is 0.238 e. The fourth-order valence-electron chi connectivity index (χ4n) is 1.98. The van der Waals surface area contributed by atoms with E-state index in [1.165, 1.54) is 19.5 Å². The first-order valence-corrected chi connectivity index (χ1v) is 5.82. The summed E-state index contributed by atoms with van der Waals surface area (Å²) in [4.78, 5) is 8.24. The van der Waals surface area contributed by atoms with Gasteiger partial charge in [-0.15, -0.1) is 0 Å². The van der Waals surface area contributed by atoms with Gasteiger partial charge in [-0.1, -0.05) is 18.2 Å². The number of hydrogen-bond acceptors (Lipinski definition) is 5. The van der Waals surface area contributed by atoms with E-state index in [9.17, 15) is 5.11 Å². The number of benzene rings is 1. The van der Waals surface area contributed by atoms with E-state index in [2.05, 4.69) is 9.97 Å². The molecule has 0 fully saturated rings. The highest BCUT2D eigenvalue weighted by molar-refractivity contribution is 5.44. The van der Waals surface area contributed by atoms with Gasteiger partial charge in [0.1, 0.15) is 17.0 Å². The van der Waals surface area contributed by atoms with Crippen molar-refractivity contribution in [2.45, 2.75) is 12.5 Å². The van der Waals surface area contributed by atoms with Crippen molar-refractivity contribution in [2.75, 3.05) is 14.2 Å². The molecule has 1 aromatic heterocycles. The molecule has 2 aromatic rings. The van der Waals surface area contributed by atoms with Crippen LogP contribution < -0.4 is 9.47 Å². The monoisotopic (exact) mass is 260 g/mol. The van der Waals surface area contributed by atoms with Crippen LogP contribution in [0.25, 0.3) is 0 Å². The summed E-state index contributed by atoms with van der Waals surface area (Å²) in [7, 11) is 3.05. The maximum atomic E-state index is 10.8. The van der Waals surface area contributed by atoms with Crippen molar-refractivity contribution >= 4 is 0 Å². The lowest BCUT2D eigenvalue weighted by atomic mass is 9.91. The van der Waals surface area contributed by atoms with E-state index in [4.69, 9.17) is 9.47 Å². The zero-order chi connectivity index (χ0) is 13.9. The Kier molecular flexibility index (Phi) is 3.66. The third-order valence-corrected chi connectivity index (χ3v) is 2.95. The van der Waals surface area contributed by atoms with Gasteiger partial charge in [0.05, 0.1) is 14.2 Å². The highest BCUT2D eigenvalue weighted by atomic mass is 16.5. The number of nitrogens with zero attached hydrogens (tertiary/aromatic N) is 2. The van der Waals surface area contributed by atoms with Crippen molar-refractivity contribution in [1.82, 2.24) is 9.97 Å². The quantitative estimate of drug-likeness (QED) is 0.907. The summed E-state index contributed by atoms with van der Waals surface area (Å²) in [5.41, 5.74) is -0.398. The van der Waals surface area contributed by atoms with E-state index >= 15 is 0 Å². The minimum Gasteiger partial charge on any atom is -0.496 e. The van der Waals surface area contributed by atoms with Gasteiger partial charge in [-0.2, -0.15) is 0 Å². The molecule has 19 heavy (non-hydrogen) atoms. The maximum absolute atomic E-state index is 10.8. The summed E-state index contributed by atoms with van der Waals surface area (Å²) in [6, 6.07) is 7.24. The van der Waals surface area contributed by atoms with Crippen molar-refractivity contribution in [1.29, 1.82) is 0 Å². The first kappa shape index (κ1) is 13.3. The van der Waals surface area contributed by atoms with Gasteiger partial charge in [-0.3, -0.25) is 4.98 Å². The topological polar surface area (TPSA) is 64.5 Å². The van der Waals surface area contributed by atoms with Gasteiger partial charge in [0.2, 0.25) is 5.88 Å². The Morgan fingerprint density at radius 3 is 2.42 bits per heavy atom. The minimum absolute atomic E-state index is 0.290. The molecular formula is C14H16N2O3. The second-order valence-electron chi connectivity index (χ2n) is 4.19. The Balaban J connectivity index is 2.58. The van der Waals surface area contributed by atoms with Gasteiger partial charge in [-0.25, -0.2) is 4.98 Å². The van der Waals surface area contributed by atoms with E-state index in [1.807, 2.05) is 12.1 Å². The molecule has 1 unspecified atom stereocenters. The molecule has 0 saturated heterocycles. The molecule has 1 N–H and O–H groups in total. The largest absolute Gasteiger partial charge is 0.496 e. The summed E-state index contributed by atoms with van der Waals surface area (Å²) in [5.74, 6) is 0.874. The van der Waals surface area contributed by atoms with Crippen LogP contribution in [0.5, 0.6) is 11.6 Å². The standard InChI is InChI=1S/C14H16N2O3/c1-14(17,10-6-4-5-7-11(10)18-2)12-13(19-3)16-9-8-15-12/h4-9,17H,1-3H3. The molecule has 0 aliphatic carbocycles. The number of rotatable bonds is 4. The number of methoxy groups -OCH3 is 2. The zero-order valence-corrected chi connectivity index (χ0v) is 11.1. The third kappa shape index (κ3) is 2.37. The molecule has 1 heterocycles. The molecule has 5 heteroatoms. The molecule has 0 saturated carbocycles. The Morgan fingerprint density at radius 2 is 1.74 bits per heavy atom. The predicted octanol–water partition coefficient (Wildman–Crippen LogP) is 1.75. The van der Waals surface area contributed by atoms with E-state index in [1.54, 1.807) is 26.2 Å². The molecular weight excluding hydrogens is 244 g/mol.